The van der Waals surface area contributed by atoms with E-state index in [9.17, 15) is 10.1 Å². The number of hydrogen-bond acceptors (Lipinski definition) is 4. The number of benzene rings is 4. The van der Waals surface area contributed by atoms with Gasteiger partial charge < -0.3 is 14.8 Å². The molecule has 0 aliphatic carbocycles. The SMILES string of the molecule is CCOc1cc(/C=C(/C#N)C(=O)Nc2ccccc2)ccc1OCc1ccc2ccccc2c1. The number of fused-ring (bicyclic) bond motifs is 1. The van der Waals surface area contributed by atoms with E-state index in [0.29, 0.717) is 36.0 Å². The molecule has 4 aromatic rings. The van der Waals surface area contributed by atoms with Crippen molar-refractivity contribution in [3.8, 4) is 17.6 Å². The Morgan fingerprint density at radius 3 is 2.41 bits per heavy atom. The minimum Gasteiger partial charge on any atom is -0.490 e. The van der Waals surface area contributed by atoms with E-state index in [-0.39, 0.29) is 5.57 Å². The Balaban J connectivity index is 1.51. The molecule has 0 aliphatic rings. The van der Waals surface area contributed by atoms with Crippen LogP contribution in [-0.2, 0) is 11.4 Å². The summed E-state index contributed by atoms with van der Waals surface area (Å²) in [5.74, 6) is 0.681. The van der Waals surface area contributed by atoms with E-state index in [1.54, 1.807) is 30.3 Å². The van der Waals surface area contributed by atoms with Gasteiger partial charge in [-0.15, -0.1) is 0 Å². The molecule has 0 radical (unpaired) electrons. The number of hydrogen-bond donors (Lipinski definition) is 1. The predicted octanol–water partition coefficient (Wildman–Crippen LogP) is 6.36. The Labute approximate surface area is 198 Å². The van der Waals surface area contributed by atoms with Crippen LogP contribution in [0.4, 0.5) is 5.69 Å². The van der Waals surface area contributed by atoms with Crippen molar-refractivity contribution < 1.29 is 14.3 Å². The second-order valence-corrected chi connectivity index (χ2v) is 7.60. The third kappa shape index (κ3) is 5.62. The first-order chi connectivity index (χ1) is 16.7. The van der Waals surface area contributed by atoms with Gasteiger partial charge in [-0.1, -0.05) is 60.7 Å². The molecule has 0 fully saturated rings. The largest absolute Gasteiger partial charge is 0.490 e. The zero-order valence-electron chi connectivity index (χ0n) is 18.8. The van der Waals surface area contributed by atoms with E-state index >= 15 is 0 Å². The first-order valence-corrected chi connectivity index (χ1v) is 11.0. The highest BCUT2D eigenvalue weighted by atomic mass is 16.5. The Bertz CT molecular complexity index is 1370. The number of amides is 1. The summed E-state index contributed by atoms with van der Waals surface area (Å²) < 4.78 is 11.8. The van der Waals surface area contributed by atoms with Crippen LogP contribution in [0.3, 0.4) is 0 Å². The maximum atomic E-state index is 12.5. The number of ether oxygens (including phenoxy) is 2. The van der Waals surface area contributed by atoms with Crippen molar-refractivity contribution in [3.63, 3.8) is 0 Å². The van der Waals surface area contributed by atoms with E-state index < -0.39 is 5.91 Å². The summed E-state index contributed by atoms with van der Waals surface area (Å²) in [5, 5.41) is 14.6. The summed E-state index contributed by atoms with van der Waals surface area (Å²) in [6.45, 7) is 2.74. The van der Waals surface area contributed by atoms with Crippen LogP contribution < -0.4 is 14.8 Å². The van der Waals surface area contributed by atoms with Gasteiger partial charge in [0.05, 0.1) is 6.61 Å². The molecule has 4 aromatic carbocycles. The number of nitriles is 1. The van der Waals surface area contributed by atoms with E-state index in [0.717, 1.165) is 10.9 Å². The minimum atomic E-state index is -0.469. The number of carbonyl (C=O) groups excluding carboxylic acids is 1. The number of anilines is 1. The van der Waals surface area contributed by atoms with Crippen LogP contribution in [-0.4, -0.2) is 12.5 Å². The molecule has 0 atom stereocenters. The molecule has 168 valence electrons. The molecule has 0 aliphatic heterocycles. The molecule has 0 saturated carbocycles. The van der Waals surface area contributed by atoms with Gasteiger partial charge in [0.2, 0.25) is 0 Å². The Kier molecular flexibility index (Phi) is 7.22. The molecule has 5 nitrogen and oxygen atoms in total. The van der Waals surface area contributed by atoms with Crippen molar-refractivity contribution in [2.45, 2.75) is 13.5 Å². The molecule has 5 heteroatoms. The molecular weight excluding hydrogens is 424 g/mol. The summed E-state index contributed by atoms with van der Waals surface area (Å²) in [7, 11) is 0. The summed E-state index contributed by atoms with van der Waals surface area (Å²) in [6.07, 6.45) is 1.54. The quantitative estimate of drug-likeness (QED) is 0.251. The number of carbonyl (C=O) groups is 1. The Morgan fingerprint density at radius 1 is 0.882 bits per heavy atom. The number of nitrogens with zero attached hydrogens (tertiary/aromatic N) is 1. The summed E-state index contributed by atoms with van der Waals surface area (Å²) in [6, 6.07) is 30.8. The highest BCUT2D eigenvalue weighted by molar-refractivity contribution is 6.09. The maximum Gasteiger partial charge on any atom is 0.266 e. The van der Waals surface area contributed by atoms with E-state index in [2.05, 4.69) is 29.6 Å². The first-order valence-electron chi connectivity index (χ1n) is 11.0. The van der Waals surface area contributed by atoms with Gasteiger partial charge in [0.1, 0.15) is 18.2 Å². The fourth-order valence-corrected chi connectivity index (χ4v) is 3.53. The molecule has 0 saturated heterocycles. The topological polar surface area (TPSA) is 71.3 Å². The fourth-order valence-electron chi connectivity index (χ4n) is 3.53. The van der Waals surface area contributed by atoms with Crippen molar-refractivity contribution in [1.82, 2.24) is 0 Å². The summed E-state index contributed by atoms with van der Waals surface area (Å²) >= 11 is 0. The number of rotatable bonds is 8. The van der Waals surface area contributed by atoms with Crippen LogP contribution >= 0.6 is 0 Å². The lowest BCUT2D eigenvalue weighted by atomic mass is 10.1. The fraction of sp³-hybridized carbons (Fsp3) is 0.103. The zero-order chi connectivity index (χ0) is 23.8. The van der Waals surface area contributed by atoms with Gasteiger partial charge in [-0.3, -0.25) is 4.79 Å². The van der Waals surface area contributed by atoms with Gasteiger partial charge >= 0.3 is 0 Å². The van der Waals surface area contributed by atoms with Crippen LogP contribution in [0, 0.1) is 11.3 Å². The third-order valence-electron chi connectivity index (χ3n) is 5.18. The molecule has 0 bridgehead atoms. The van der Waals surface area contributed by atoms with Gasteiger partial charge in [0.15, 0.2) is 11.5 Å². The molecule has 0 heterocycles. The van der Waals surface area contributed by atoms with Gasteiger partial charge in [-0.05, 0) is 65.2 Å². The first kappa shape index (κ1) is 22.6. The highest BCUT2D eigenvalue weighted by Crippen LogP contribution is 2.30. The standard InChI is InChI=1S/C29H24N2O3/c1-2-33-28-18-21(16-25(19-30)29(32)31-26-10-4-3-5-11-26)13-15-27(28)34-20-22-12-14-23-8-6-7-9-24(23)17-22/h3-18H,2,20H2,1H3,(H,31,32)/b25-16-. The monoisotopic (exact) mass is 448 g/mol. The van der Waals surface area contributed by atoms with E-state index in [1.807, 2.05) is 49.4 Å². The molecule has 0 spiro atoms. The van der Waals surface area contributed by atoms with Crippen LogP contribution in [0.1, 0.15) is 18.1 Å². The molecule has 0 aromatic heterocycles. The minimum absolute atomic E-state index is 0.00358. The van der Waals surface area contributed by atoms with Crippen LogP contribution in [0.5, 0.6) is 11.5 Å². The van der Waals surface area contributed by atoms with Crippen molar-refractivity contribution in [1.29, 1.82) is 5.26 Å². The average Bonchev–Trinajstić information content (AvgIpc) is 2.87. The van der Waals surface area contributed by atoms with Crippen LogP contribution in [0.15, 0.2) is 96.6 Å². The van der Waals surface area contributed by atoms with Gasteiger partial charge in [-0.25, -0.2) is 0 Å². The van der Waals surface area contributed by atoms with Gasteiger partial charge in [0.25, 0.3) is 5.91 Å². The predicted molar refractivity (Wildman–Crippen MR) is 135 cm³/mol. The lowest BCUT2D eigenvalue weighted by Gasteiger charge is -2.13. The van der Waals surface area contributed by atoms with Crippen molar-refractivity contribution >= 4 is 28.4 Å². The smallest absolute Gasteiger partial charge is 0.266 e. The second-order valence-electron chi connectivity index (χ2n) is 7.60. The van der Waals surface area contributed by atoms with Gasteiger partial charge in [-0.2, -0.15) is 5.26 Å². The van der Waals surface area contributed by atoms with Crippen molar-refractivity contribution in [2.24, 2.45) is 0 Å². The van der Waals surface area contributed by atoms with Crippen molar-refractivity contribution in [3.05, 3.63) is 108 Å². The molecule has 1 amide bonds. The third-order valence-corrected chi connectivity index (χ3v) is 5.18. The van der Waals surface area contributed by atoms with Crippen molar-refractivity contribution in [2.75, 3.05) is 11.9 Å². The maximum absolute atomic E-state index is 12.5. The lowest BCUT2D eigenvalue weighted by Crippen LogP contribution is -2.13. The van der Waals surface area contributed by atoms with E-state index in [4.69, 9.17) is 9.47 Å². The molecule has 34 heavy (non-hydrogen) atoms. The molecule has 1 N–H and O–H groups in total. The van der Waals surface area contributed by atoms with E-state index in [1.165, 1.54) is 11.5 Å². The lowest BCUT2D eigenvalue weighted by molar-refractivity contribution is -0.112. The number of nitrogens with one attached hydrogen (secondary N) is 1. The number of para-hydroxylation sites is 1. The summed E-state index contributed by atoms with van der Waals surface area (Å²) in [5.41, 5.74) is 2.34. The van der Waals surface area contributed by atoms with Crippen LogP contribution in [0.2, 0.25) is 0 Å². The molecule has 0 unspecified atom stereocenters. The van der Waals surface area contributed by atoms with Gasteiger partial charge in [0, 0.05) is 5.69 Å². The highest BCUT2D eigenvalue weighted by Gasteiger charge is 2.12. The van der Waals surface area contributed by atoms with Crippen LogP contribution in [0.25, 0.3) is 16.8 Å². The average molecular weight is 449 g/mol. The Morgan fingerprint density at radius 2 is 1.65 bits per heavy atom. The molecule has 4 rings (SSSR count). The zero-order valence-corrected chi connectivity index (χ0v) is 18.8. The summed E-state index contributed by atoms with van der Waals surface area (Å²) in [4.78, 5) is 12.5. The molecular formula is C29H24N2O3. The second kappa shape index (κ2) is 10.8. The normalized spacial score (nSPS) is 11.0. The Hall–Kier alpha value is -4.56.